The van der Waals surface area contributed by atoms with Gasteiger partial charge in [0.2, 0.25) is 0 Å². The summed E-state index contributed by atoms with van der Waals surface area (Å²) in [5.41, 5.74) is 0.320. The molecular weight excluding hydrogens is 270 g/mol. The fraction of sp³-hybridized carbons (Fsp3) is 0.500. The molecule has 0 unspecified atom stereocenters. The van der Waals surface area contributed by atoms with Crippen molar-refractivity contribution in [2.75, 3.05) is 7.11 Å². The predicted molar refractivity (Wildman–Crippen MR) is 78.3 cm³/mol. The summed E-state index contributed by atoms with van der Waals surface area (Å²) in [6.45, 7) is 1.58. The summed E-state index contributed by atoms with van der Waals surface area (Å²) in [5, 5.41) is 2.92. The van der Waals surface area contributed by atoms with E-state index in [1.54, 1.807) is 31.2 Å². The number of hydrogen-bond acceptors (Lipinski definition) is 4. The van der Waals surface area contributed by atoms with E-state index >= 15 is 0 Å². The number of ether oxygens (including phenoxy) is 2. The molecule has 0 aliphatic heterocycles. The van der Waals surface area contributed by atoms with Gasteiger partial charge < -0.3 is 14.8 Å². The van der Waals surface area contributed by atoms with Crippen LogP contribution in [0.1, 0.15) is 43.0 Å². The second-order valence-electron chi connectivity index (χ2n) is 5.24. The number of amides is 1. The number of rotatable bonds is 5. The first-order chi connectivity index (χ1) is 10.1. The molecule has 1 aromatic rings. The molecule has 0 bridgehead atoms. The number of nitrogens with one attached hydrogen (secondary N) is 1. The summed E-state index contributed by atoms with van der Waals surface area (Å²) in [6, 6.07) is 7.00. The van der Waals surface area contributed by atoms with Crippen LogP contribution in [0.3, 0.4) is 0 Å². The first kappa shape index (κ1) is 15.4. The van der Waals surface area contributed by atoms with Gasteiger partial charge in [-0.15, -0.1) is 0 Å². The van der Waals surface area contributed by atoms with Crippen molar-refractivity contribution in [1.82, 2.24) is 5.32 Å². The van der Waals surface area contributed by atoms with Crippen LogP contribution in [0.15, 0.2) is 24.3 Å². The third kappa shape index (κ3) is 3.97. The van der Waals surface area contributed by atoms with Crippen molar-refractivity contribution in [1.29, 1.82) is 0 Å². The molecule has 1 fully saturated rings. The van der Waals surface area contributed by atoms with E-state index in [1.165, 1.54) is 7.11 Å². The van der Waals surface area contributed by atoms with E-state index in [9.17, 15) is 9.59 Å². The SMILES string of the molecule is COc1ccccc1C(=O)O[C@@H](C)C(=O)NC1CCCC1. The highest BCUT2D eigenvalue weighted by molar-refractivity contribution is 5.94. The van der Waals surface area contributed by atoms with Gasteiger partial charge in [-0.05, 0) is 31.9 Å². The molecule has 0 heterocycles. The summed E-state index contributed by atoms with van der Waals surface area (Å²) >= 11 is 0. The van der Waals surface area contributed by atoms with Crippen LogP contribution < -0.4 is 10.1 Å². The molecule has 1 aromatic carbocycles. The van der Waals surface area contributed by atoms with Crippen molar-refractivity contribution in [3.63, 3.8) is 0 Å². The molecule has 0 radical (unpaired) electrons. The fourth-order valence-corrected chi connectivity index (χ4v) is 2.48. The summed E-state index contributed by atoms with van der Waals surface area (Å²) in [4.78, 5) is 24.1. The Morgan fingerprint density at radius 3 is 2.57 bits per heavy atom. The fourth-order valence-electron chi connectivity index (χ4n) is 2.48. The highest BCUT2D eigenvalue weighted by atomic mass is 16.5. The minimum atomic E-state index is -0.817. The Morgan fingerprint density at radius 2 is 1.90 bits per heavy atom. The molecule has 0 aromatic heterocycles. The maximum absolute atomic E-state index is 12.1. The molecule has 1 aliphatic rings. The van der Waals surface area contributed by atoms with Crippen molar-refractivity contribution >= 4 is 11.9 Å². The maximum atomic E-state index is 12.1. The zero-order valence-corrected chi connectivity index (χ0v) is 12.4. The lowest BCUT2D eigenvalue weighted by Crippen LogP contribution is -2.40. The summed E-state index contributed by atoms with van der Waals surface area (Å²) in [7, 11) is 1.49. The second-order valence-corrected chi connectivity index (χ2v) is 5.24. The van der Waals surface area contributed by atoms with Crippen LogP contribution in [0.5, 0.6) is 5.75 Å². The smallest absolute Gasteiger partial charge is 0.342 e. The van der Waals surface area contributed by atoms with Crippen LogP contribution in [0.4, 0.5) is 0 Å². The molecule has 1 saturated carbocycles. The standard InChI is InChI=1S/C16H21NO4/c1-11(15(18)17-12-7-3-4-8-12)21-16(19)13-9-5-6-10-14(13)20-2/h5-6,9-12H,3-4,7-8H2,1-2H3,(H,17,18)/t11-/m0/s1. The first-order valence-corrected chi connectivity index (χ1v) is 7.26. The van der Waals surface area contributed by atoms with E-state index in [1.807, 2.05) is 0 Å². The third-order valence-electron chi connectivity index (χ3n) is 3.68. The minimum absolute atomic E-state index is 0.213. The predicted octanol–water partition coefficient (Wildman–Crippen LogP) is 2.30. The summed E-state index contributed by atoms with van der Waals surface area (Å²) in [6.07, 6.45) is 3.46. The van der Waals surface area contributed by atoms with Crippen LogP contribution >= 0.6 is 0 Å². The molecule has 5 heteroatoms. The normalized spacial score (nSPS) is 16.3. The molecule has 5 nitrogen and oxygen atoms in total. The van der Waals surface area contributed by atoms with Crippen LogP contribution in [0.25, 0.3) is 0 Å². The molecule has 114 valence electrons. The second kappa shape index (κ2) is 7.11. The zero-order chi connectivity index (χ0) is 15.2. The van der Waals surface area contributed by atoms with E-state index in [0.29, 0.717) is 11.3 Å². The topological polar surface area (TPSA) is 64.6 Å². The van der Waals surface area contributed by atoms with Gasteiger partial charge in [-0.3, -0.25) is 4.79 Å². The van der Waals surface area contributed by atoms with Gasteiger partial charge in [-0.1, -0.05) is 25.0 Å². The number of carbonyl (C=O) groups excluding carboxylic acids is 2. The lowest BCUT2D eigenvalue weighted by Gasteiger charge is -2.17. The molecule has 1 aliphatic carbocycles. The quantitative estimate of drug-likeness (QED) is 0.845. The van der Waals surface area contributed by atoms with E-state index in [4.69, 9.17) is 9.47 Å². The van der Waals surface area contributed by atoms with Gasteiger partial charge in [0.1, 0.15) is 11.3 Å². The van der Waals surface area contributed by atoms with Crippen molar-refractivity contribution in [3.8, 4) is 5.75 Å². The Morgan fingerprint density at radius 1 is 1.24 bits per heavy atom. The third-order valence-corrected chi connectivity index (χ3v) is 3.68. The van der Waals surface area contributed by atoms with E-state index in [-0.39, 0.29) is 11.9 Å². The molecule has 21 heavy (non-hydrogen) atoms. The highest BCUT2D eigenvalue weighted by Crippen LogP contribution is 2.20. The molecule has 1 atom stereocenters. The van der Waals surface area contributed by atoms with Crippen LogP contribution in [-0.4, -0.2) is 31.1 Å². The number of methoxy groups -OCH3 is 1. The van der Waals surface area contributed by atoms with Crippen molar-refractivity contribution in [2.24, 2.45) is 0 Å². The molecule has 0 spiro atoms. The van der Waals surface area contributed by atoms with Crippen molar-refractivity contribution < 1.29 is 19.1 Å². The van der Waals surface area contributed by atoms with Gasteiger partial charge in [0, 0.05) is 6.04 Å². The van der Waals surface area contributed by atoms with Gasteiger partial charge >= 0.3 is 5.97 Å². The van der Waals surface area contributed by atoms with Crippen LogP contribution in [0, 0.1) is 0 Å². The number of hydrogen-bond donors (Lipinski definition) is 1. The van der Waals surface area contributed by atoms with E-state index in [0.717, 1.165) is 25.7 Å². The number of benzene rings is 1. The van der Waals surface area contributed by atoms with Crippen molar-refractivity contribution in [3.05, 3.63) is 29.8 Å². The average molecular weight is 291 g/mol. The Kier molecular flexibility index (Phi) is 5.20. The number of para-hydroxylation sites is 1. The monoisotopic (exact) mass is 291 g/mol. The minimum Gasteiger partial charge on any atom is -0.496 e. The van der Waals surface area contributed by atoms with Gasteiger partial charge in [-0.25, -0.2) is 4.79 Å². The summed E-state index contributed by atoms with van der Waals surface area (Å²) < 4.78 is 10.3. The van der Waals surface area contributed by atoms with Crippen LogP contribution in [0.2, 0.25) is 0 Å². The molecule has 0 saturated heterocycles. The molecule has 1 N–H and O–H groups in total. The van der Waals surface area contributed by atoms with Gasteiger partial charge in [0.05, 0.1) is 7.11 Å². The Labute approximate surface area is 124 Å². The Bertz CT molecular complexity index is 509. The van der Waals surface area contributed by atoms with E-state index in [2.05, 4.69) is 5.32 Å². The van der Waals surface area contributed by atoms with Gasteiger partial charge in [0.25, 0.3) is 5.91 Å². The van der Waals surface area contributed by atoms with E-state index < -0.39 is 12.1 Å². The van der Waals surface area contributed by atoms with Gasteiger partial charge in [-0.2, -0.15) is 0 Å². The van der Waals surface area contributed by atoms with Crippen LogP contribution in [-0.2, 0) is 9.53 Å². The Balaban J connectivity index is 1.93. The maximum Gasteiger partial charge on any atom is 0.342 e. The summed E-state index contributed by atoms with van der Waals surface area (Å²) in [5.74, 6) is -0.363. The van der Waals surface area contributed by atoms with Crippen molar-refractivity contribution in [2.45, 2.75) is 44.8 Å². The average Bonchev–Trinajstić information content (AvgIpc) is 2.99. The number of esters is 1. The largest absolute Gasteiger partial charge is 0.496 e. The van der Waals surface area contributed by atoms with Gasteiger partial charge in [0.15, 0.2) is 6.10 Å². The molecule has 1 amide bonds. The lowest BCUT2D eigenvalue weighted by atomic mass is 10.2. The molecular formula is C16H21NO4. The highest BCUT2D eigenvalue weighted by Gasteiger charge is 2.24. The number of carbonyl (C=O) groups is 2. The molecule has 2 rings (SSSR count). The lowest BCUT2D eigenvalue weighted by molar-refractivity contribution is -0.129. The zero-order valence-electron chi connectivity index (χ0n) is 12.4. The first-order valence-electron chi connectivity index (χ1n) is 7.26. The Hall–Kier alpha value is -2.04.